The van der Waals surface area contributed by atoms with Crippen LogP contribution in [0.4, 0.5) is 5.69 Å². The summed E-state index contributed by atoms with van der Waals surface area (Å²) in [6.45, 7) is 4.52. The Morgan fingerprint density at radius 3 is 2.00 bits per heavy atom. The van der Waals surface area contributed by atoms with E-state index in [1.54, 1.807) is 0 Å². The maximum Gasteiger partial charge on any atom is 0.0367 e. The Bertz CT molecular complexity index is 513. The topological polar surface area (TPSA) is 19.4 Å². The molecule has 1 aliphatic heterocycles. The van der Waals surface area contributed by atoms with Crippen molar-refractivity contribution in [1.82, 2.24) is 9.88 Å². The van der Waals surface area contributed by atoms with Gasteiger partial charge in [-0.1, -0.05) is 12.1 Å². The zero-order chi connectivity index (χ0) is 13.1. The molecule has 0 unspecified atom stereocenters. The number of piperazine rings is 1. The molecule has 19 heavy (non-hydrogen) atoms. The second-order valence-corrected chi connectivity index (χ2v) is 5.07. The van der Waals surface area contributed by atoms with Crippen molar-refractivity contribution < 1.29 is 0 Å². The third-order valence-corrected chi connectivity index (χ3v) is 3.75. The fraction of sp³-hybridized carbons (Fsp3) is 0.312. The number of aromatic nitrogens is 1. The summed E-state index contributed by atoms with van der Waals surface area (Å²) in [6, 6.07) is 12.9. The Balaban J connectivity index is 1.76. The third-order valence-electron chi connectivity index (χ3n) is 3.75. The second-order valence-electron chi connectivity index (χ2n) is 5.07. The average molecular weight is 253 g/mol. The molecule has 0 saturated carbocycles. The molecular formula is C16H19N3. The first-order valence-electron chi connectivity index (χ1n) is 6.77. The molecular weight excluding hydrogens is 234 g/mol. The first kappa shape index (κ1) is 12.2. The minimum Gasteiger partial charge on any atom is -0.369 e. The molecule has 0 N–H and O–H groups in total. The van der Waals surface area contributed by atoms with Gasteiger partial charge >= 0.3 is 0 Å². The summed E-state index contributed by atoms with van der Waals surface area (Å²) in [5.41, 5.74) is 3.80. The number of pyridine rings is 1. The Morgan fingerprint density at radius 2 is 1.37 bits per heavy atom. The number of benzene rings is 1. The van der Waals surface area contributed by atoms with Gasteiger partial charge in [0.25, 0.3) is 0 Å². The highest BCUT2D eigenvalue weighted by atomic mass is 15.2. The summed E-state index contributed by atoms with van der Waals surface area (Å²) in [7, 11) is 2.18. The minimum absolute atomic E-state index is 1.12. The van der Waals surface area contributed by atoms with Crippen LogP contribution in [0, 0.1) is 0 Å². The van der Waals surface area contributed by atoms with Gasteiger partial charge in [0.15, 0.2) is 0 Å². The summed E-state index contributed by atoms with van der Waals surface area (Å²) in [4.78, 5) is 8.89. The van der Waals surface area contributed by atoms with E-state index < -0.39 is 0 Å². The molecule has 1 aliphatic rings. The first-order chi connectivity index (χ1) is 9.33. The summed E-state index contributed by atoms with van der Waals surface area (Å²) in [5.74, 6) is 0. The normalized spacial score (nSPS) is 16.6. The Labute approximate surface area is 114 Å². The van der Waals surface area contributed by atoms with Crippen molar-refractivity contribution in [1.29, 1.82) is 0 Å². The molecule has 0 amide bonds. The Hall–Kier alpha value is -1.87. The maximum atomic E-state index is 4.06. The Kier molecular flexibility index (Phi) is 3.47. The van der Waals surface area contributed by atoms with Crippen LogP contribution in [0.25, 0.3) is 11.1 Å². The highest BCUT2D eigenvalue weighted by Crippen LogP contribution is 2.23. The van der Waals surface area contributed by atoms with E-state index in [9.17, 15) is 0 Å². The molecule has 2 heterocycles. The van der Waals surface area contributed by atoms with Crippen molar-refractivity contribution in [3.05, 3.63) is 48.8 Å². The van der Waals surface area contributed by atoms with Gasteiger partial charge in [-0.25, -0.2) is 0 Å². The lowest BCUT2D eigenvalue weighted by Gasteiger charge is -2.34. The van der Waals surface area contributed by atoms with Gasteiger partial charge in [0.1, 0.15) is 0 Å². The number of hydrogen-bond donors (Lipinski definition) is 0. The van der Waals surface area contributed by atoms with E-state index in [0.717, 1.165) is 26.2 Å². The lowest BCUT2D eigenvalue weighted by atomic mass is 10.1. The van der Waals surface area contributed by atoms with Gasteiger partial charge in [-0.15, -0.1) is 0 Å². The number of rotatable bonds is 2. The van der Waals surface area contributed by atoms with Crippen LogP contribution in [0.5, 0.6) is 0 Å². The van der Waals surface area contributed by atoms with Crippen LogP contribution in [-0.4, -0.2) is 43.1 Å². The fourth-order valence-electron chi connectivity index (χ4n) is 2.47. The van der Waals surface area contributed by atoms with Crippen LogP contribution < -0.4 is 4.90 Å². The van der Waals surface area contributed by atoms with Gasteiger partial charge in [0.2, 0.25) is 0 Å². The van der Waals surface area contributed by atoms with Gasteiger partial charge in [0, 0.05) is 44.3 Å². The van der Waals surface area contributed by atoms with Crippen LogP contribution in [0.2, 0.25) is 0 Å². The molecule has 1 fully saturated rings. The average Bonchev–Trinajstić information content (AvgIpc) is 2.49. The molecule has 0 spiro atoms. The number of hydrogen-bond acceptors (Lipinski definition) is 3. The summed E-state index contributed by atoms with van der Waals surface area (Å²) >= 11 is 0. The van der Waals surface area contributed by atoms with Crippen molar-refractivity contribution in [3.63, 3.8) is 0 Å². The lowest BCUT2D eigenvalue weighted by Crippen LogP contribution is -2.44. The molecule has 0 radical (unpaired) electrons. The highest BCUT2D eigenvalue weighted by Gasteiger charge is 2.13. The number of anilines is 1. The van der Waals surface area contributed by atoms with Crippen molar-refractivity contribution >= 4 is 5.69 Å². The molecule has 98 valence electrons. The molecule has 0 aliphatic carbocycles. The smallest absolute Gasteiger partial charge is 0.0367 e. The molecule has 0 bridgehead atoms. The van der Waals surface area contributed by atoms with E-state index in [-0.39, 0.29) is 0 Å². The predicted molar refractivity (Wildman–Crippen MR) is 79.4 cm³/mol. The molecule has 0 atom stereocenters. The quantitative estimate of drug-likeness (QED) is 0.819. The fourth-order valence-corrected chi connectivity index (χ4v) is 2.47. The molecule has 1 saturated heterocycles. The van der Waals surface area contributed by atoms with Crippen molar-refractivity contribution in [2.45, 2.75) is 0 Å². The second kappa shape index (κ2) is 5.41. The van der Waals surface area contributed by atoms with E-state index >= 15 is 0 Å². The van der Waals surface area contributed by atoms with E-state index in [0.29, 0.717) is 0 Å². The van der Waals surface area contributed by atoms with Crippen molar-refractivity contribution in [3.8, 4) is 11.1 Å². The zero-order valence-electron chi connectivity index (χ0n) is 11.3. The molecule has 1 aromatic carbocycles. The minimum atomic E-state index is 1.12. The SMILES string of the molecule is CN1CCN(c2ccc(-c3ccncc3)cc2)CC1. The first-order valence-corrected chi connectivity index (χ1v) is 6.77. The van der Waals surface area contributed by atoms with E-state index in [1.807, 2.05) is 24.5 Å². The molecule has 2 aromatic rings. The monoisotopic (exact) mass is 253 g/mol. The van der Waals surface area contributed by atoms with Gasteiger partial charge in [0.05, 0.1) is 0 Å². The predicted octanol–water partition coefficient (Wildman–Crippen LogP) is 2.50. The summed E-state index contributed by atoms with van der Waals surface area (Å²) in [5, 5.41) is 0. The highest BCUT2D eigenvalue weighted by molar-refractivity contribution is 5.65. The number of nitrogens with zero attached hydrogens (tertiary/aromatic N) is 3. The van der Waals surface area contributed by atoms with Gasteiger partial charge in [-0.3, -0.25) is 4.98 Å². The number of likely N-dealkylation sites (N-methyl/N-ethyl adjacent to an activating group) is 1. The van der Waals surface area contributed by atoms with Crippen LogP contribution in [-0.2, 0) is 0 Å². The van der Waals surface area contributed by atoms with Crippen LogP contribution in [0.1, 0.15) is 0 Å². The van der Waals surface area contributed by atoms with Crippen molar-refractivity contribution in [2.24, 2.45) is 0 Å². The van der Waals surface area contributed by atoms with Crippen LogP contribution in [0.3, 0.4) is 0 Å². The summed E-state index contributed by atoms with van der Waals surface area (Å²) in [6.07, 6.45) is 3.67. The largest absolute Gasteiger partial charge is 0.369 e. The van der Waals surface area contributed by atoms with E-state index in [2.05, 4.69) is 46.1 Å². The van der Waals surface area contributed by atoms with Gasteiger partial charge in [-0.05, 0) is 42.4 Å². The molecule has 3 rings (SSSR count). The standard InChI is InChI=1S/C16H19N3/c1-18-10-12-19(13-11-18)16-4-2-14(3-5-16)15-6-8-17-9-7-15/h2-9H,10-13H2,1H3. The van der Waals surface area contributed by atoms with E-state index in [4.69, 9.17) is 0 Å². The van der Waals surface area contributed by atoms with Crippen LogP contribution in [0.15, 0.2) is 48.8 Å². The third kappa shape index (κ3) is 2.76. The van der Waals surface area contributed by atoms with Crippen LogP contribution >= 0.6 is 0 Å². The lowest BCUT2D eigenvalue weighted by molar-refractivity contribution is 0.313. The molecule has 1 aromatic heterocycles. The van der Waals surface area contributed by atoms with Gasteiger partial charge < -0.3 is 9.80 Å². The Morgan fingerprint density at radius 1 is 0.789 bits per heavy atom. The van der Waals surface area contributed by atoms with Gasteiger partial charge in [-0.2, -0.15) is 0 Å². The summed E-state index contributed by atoms with van der Waals surface area (Å²) < 4.78 is 0. The molecule has 3 heteroatoms. The maximum absolute atomic E-state index is 4.06. The molecule has 3 nitrogen and oxygen atoms in total. The van der Waals surface area contributed by atoms with E-state index in [1.165, 1.54) is 16.8 Å². The zero-order valence-corrected chi connectivity index (χ0v) is 11.3. The van der Waals surface area contributed by atoms with Crippen molar-refractivity contribution in [2.75, 3.05) is 38.1 Å².